The summed E-state index contributed by atoms with van der Waals surface area (Å²) < 4.78 is 16.6. The summed E-state index contributed by atoms with van der Waals surface area (Å²) in [6.45, 7) is 0.00132. The van der Waals surface area contributed by atoms with Crippen LogP contribution in [0.5, 0.6) is 0 Å². The van der Waals surface area contributed by atoms with E-state index in [1.165, 1.54) is 18.2 Å². The van der Waals surface area contributed by atoms with Crippen molar-refractivity contribution in [3.8, 4) is 11.3 Å². The Balaban J connectivity index is 1.74. The van der Waals surface area contributed by atoms with Crippen molar-refractivity contribution in [2.75, 3.05) is 18.5 Å². The van der Waals surface area contributed by atoms with Crippen molar-refractivity contribution in [3.63, 3.8) is 0 Å². The van der Waals surface area contributed by atoms with Crippen LogP contribution in [0, 0.1) is 15.9 Å². The molecule has 0 aliphatic heterocycles. The number of aliphatic hydroxyl groups excluding tert-OH is 1. The number of aromatic nitrogens is 2. The number of aliphatic hydroxyl groups is 1. The fourth-order valence-corrected chi connectivity index (χ4v) is 5.59. The van der Waals surface area contributed by atoms with E-state index in [1.807, 2.05) is 95.7 Å². The molecule has 8 heteroatoms. The van der Waals surface area contributed by atoms with Gasteiger partial charge < -0.3 is 10.4 Å². The zero-order valence-corrected chi connectivity index (χ0v) is 22.5. The lowest BCUT2D eigenvalue weighted by atomic mass is 9.77. The third-order valence-corrected chi connectivity index (χ3v) is 7.43. The second-order valence-electron chi connectivity index (χ2n) is 9.87. The number of nitro groups is 1. The molecule has 0 radical (unpaired) electrons. The van der Waals surface area contributed by atoms with E-state index in [1.54, 1.807) is 18.2 Å². The summed E-state index contributed by atoms with van der Waals surface area (Å²) in [5.74, 6) is -0.478. The van der Waals surface area contributed by atoms with Gasteiger partial charge in [0.15, 0.2) is 0 Å². The van der Waals surface area contributed by atoms with Gasteiger partial charge in [0, 0.05) is 29.6 Å². The number of halogens is 1. The van der Waals surface area contributed by atoms with Crippen LogP contribution in [-0.2, 0) is 5.54 Å². The Morgan fingerprint density at radius 2 is 1.38 bits per heavy atom. The molecule has 0 bridgehead atoms. The number of anilines is 1. The molecular weight excluding hydrogens is 531 g/mol. The minimum atomic E-state index is -0.964. The Kier molecular flexibility index (Phi) is 7.21. The number of hydrogen-bond acceptors (Lipinski definition) is 5. The number of nitro benzene ring substituents is 1. The van der Waals surface area contributed by atoms with Crippen molar-refractivity contribution >= 4 is 22.3 Å². The van der Waals surface area contributed by atoms with Gasteiger partial charge >= 0.3 is 0 Å². The highest BCUT2D eigenvalue weighted by atomic mass is 19.1. The summed E-state index contributed by atoms with van der Waals surface area (Å²) in [6, 6.07) is 39.3. The third-order valence-electron chi connectivity index (χ3n) is 7.43. The van der Waals surface area contributed by atoms with Gasteiger partial charge in [-0.05, 0) is 41.0 Å². The summed E-state index contributed by atoms with van der Waals surface area (Å²) in [5, 5.41) is 29.8. The van der Waals surface area contributed by atoms with Gasteiger partial charge in [0.2, 0.25) is 0 Å². The molecule has 0 fully saturated rings. The predicted octanol–water partition coefficient (Wildman–Crippen LogP) is 7.00. The van der Waals surface area contributed by atoms with Crippen LogP contribution in [0.25, 0.3) is 22.2 Å². The van der Waals surface area contributed by atoms with Crippen molar-refractivity contribution in [2.45, 2.75) is 5.54 Å². The largest absolute Gasteiger partial charge is 0.395 e. The Bertz CT molecular complexity index is 1760. The van der Waals surface area contributed by atoms with Crippen LogP contribution in [0.4, 0.5) is 15.8 Å². The van der Waals surface area contributed by atoms with Crippen LogP contribution >= 0.6 is 0 Å². The summed E-state index contributed by atoms with van der Waals surface area (Å²) >= 11 is 0. The highest BCUT2D eigenvalue weighted by Crippen LogP contribution is 2.44. The zero-order chi connectivity index (χ0) is 29.1. The number of non-ortho nitro benzene ring substituents is 1. The molecule has 0 atom stereocenters. The normalized spacial score (nSPS) is 11.5. The molecule has 0 saturated carbocycles. The second kappa shape index (κ2) is 11.3. The topological polar surface area (TPSA) is 93.2 Å². The molecule has 6 rings (SSSR count). The first-order valence-corrected chi connectivity index (χ1v) is 13.5. The summed E-state index contributed by atoms with van der Waals surface area (Å²) in [7, 11) is 0. The number of nitrogens with zero attached hydrogens (tertiary/aromatic N) is 3. The lowest BCUT2D eigenvalue weighted by Gasteiger charge is -2.37. The fraction of sp³-hybridized carbons (Fsp3) is 0.0882. The molecule has 7 nitrogen and oxygen atoms in total. The van der Waals surface area contributed by atoms with Gasteiger partial charge in [0.25, 0.3) is 5.69 Å². The van der Waals surface area contributed by atoms with Gasteiger partial charge in [-0.3, -0.25) is 10.1 Å². The predicted molar refractivity (Wildman–Crippen MR) is 162 cm³/mol. The molecule has 0 aliphatic rings. The molecule has 1 heterocycles. The average Bonchev–Trinajstić information content (AvgIpc) is 3.42. The highest BCUT2D eigenvalue weighted by Gasteiger charge is 2.41. The van der Waals surface area contributed by atoms with Crippen LogP contribution in [0.1, 0.15) is 16.7 Å². The Hall–Kier alpha value is -5.34. The molecule has 208 valence electrons. The quantitative estimate of drug-likeness (QED) is 0.113. The second-order valence-corrected chi connectivity index (χ2v) is 9.87. The summed E-state index contributed by atoms with van der Waals surface area (Å²) in [5.41, 5.74) is 3.71. The first-order chi connectivity index (χ1) is 20.5. The number of benzene rings is 5. The molecule has 2 N–H and O–H groups in total. The van der Waals surface area contributed by atoms with Crippen molar-refractivity contribution in [1.82, 2.24) is 9.78 Å². The Morgan fingerprint density at radius 3 is 1.90 bits per heavy atom. The van der Waals surface area contributed by atoms with Crippen molar-refractivity contribution in [3.05, 3.63) is 160 Å². The first kappa shape index (κ1) is 26.9. The molecule has 0 unspecified atom stereocenters. The van der Waals surface area contributed by atoms with Crippen LogP contribution in [0.2, 0.25) is 0 Å². The lowest BCUT2D eigenvalue weighted by molar-refractivity contribution is -0.384. The fourth-order valence-electron chi connectivity index (χ4n) is 5.59. The number of hydrogen-bond donors (Lipinski definition) is 2. The molecule has 0 spiro atoms. The SMILES string of the molecule is O=[N+]([O-])c1ccc2c(c1)c(-c1ccc(F)c(NCCO)c1)nn2C(c1ccccc1)(c1ccccc1)c1ccccc1. The summed E-state index contributed by atoms with van der Waals surface area (Å²) in [4.78, 5) is 11.4. The molecule has 6 aromatic rings. The van der Waals surface area contributed by atoms with Crippen LogP contribution in [0.15, 0.2) is 127 Å². The minimum Gasteiger partial charge on any atom is -0.395 e. The van der Waals surface area contributed by atoms with Gasteiger partial charge in [-0.25, -0.2) is 9.07 Å². The van der Waals surface area contributed by atoms with Gasteiger partial charge in [-0.2, -0.15) is 5.10 Å². The molecule has 0 amide bonds. The maximum atomic E-state index is 14.7. The van der Waals surface area contributed by atoms with E-state index in [2.05, 4.69) is 5.32 Å². The van der Waals surface area contributed by atoms with Crippen LogP contribution < -0.4 is 5.32 Å². The van der Waals surface area contributed by atoms with E-state index in [9.17, 15) is 19.6 Å². The first-order valence-electron chi connectivity index (χ1n) is 13.5. The smallest absolute Gasteiger partial charge is 0.270 e. The van der Waals surface area contributed by atoms with E-state index in [4.69, 9.17) is 5.10 Å². The zero-order valence-electron chi connectivity index (χ0n) is 22.5. The molecular formula is C34H27FN4O3. The van der Waals surface area contributed by atoms with Crippen LogP contribution in [0.3, 0.4) is 0 Å². The van der Waals surface area contributed by atoms with Gasteiger partial charge in [-0.15, -0.1) is 0 Å². The van der Waals surface area contributed by atoms with Crippen molar-refractivity contribution in [2.24, 2.45) is 0 Å². The molecule has 5 aromatic carbocycles. The van der Waals surface area contributed by atoms with E-state index >= 15 is 0 Å². The Morgan fingerprint density at radius 1 is 0.810 bits per heavy atom. The van der Waals surface area contributed by atoms with Crippen molar-refractivity contribution in [1.29, 1.82) is 0 Å². The van der Waals surface area contributed by atoms with E-state index < -0.39 is 16.3 Å². The maximum Gasteiger partial charge on any atom is 0.270 e. The lowest BCUT2D eigenvalue weighted by Crippen LogP contribution is -2.38. The summed E-state index contributed by atoms with van der Waals surface area (Å²) in [6.07, 6.45) is 0. The van der Waals surface area contributed by atoms with Crippen LogP contribution in [-0.4, -0.2) is 33.0 Å². The average molecular weight is 559 g/mol. The van der Waals surface area contributed by atoms with Crippen molar-refractivity contribution < 1.29 is 14.4 Å². The standard InChI is InChI=1S/C34H27FN4O3/c35-30-18-16-24(22-31(30)36-20-21-40)33-29-23-28(39(41)42)17-19-32(29)38(37-33)34(25-10-4-1-5-11-25,26-12-6-2-7-13-26)27-14-8-3-9-15-27/h1-19,22-23,36,40H,20-21H2. The highest BCUT2D eigenvalue weighted by molar-refractivity contribution is 5.96. The minimum absolute atomic E-state index is 0.0752. The maximum absolute atomic E-state index is 14.7. The molecule has 1 aromatic heterocycles. The molecule has 42 heavy (non-hydrogen) atoms. The van der Waals surface area contributed by atoms with Gasteiger partial charge in [0.05, 0.1) is 22.7 Å². The monoisotopic (exact) mass is 558 g/mol. The third kappa shape index (κ3) is 4.57. The van der Waals surface area contributed by atoms with E-state index in [0.29, 0.717) is 22.2 Å². The Labute approximate surface area is 241 Å². The number of rotatable bonds is 9. The number of fused-ring (bicyclic) bond motifs is 1. The molecule has 0 aliphatic carbocycles. The van der Waals surface area contributed by atoms with Gasteiger partial charge in [-0.1, -0.05) is 91.0 Å². The van der Waals surface area contributed by atoms with E-state index in [-0.39, 0.29) is 24.5 Å². The van der Waals surface area contributed by atoms with Gasteiger partial charge in [0.1, 0.15) is 17.1 Å². The molecule has 0 saturated heterocycles. The number of nitrogens with one attached hydrogen (secondary N) is 1. The van der Waals surface area contributed by atoms with E-state index in [0.717, 1.165) is 16.7 Å².